The fraction of sp³-hybridized carbons (Fsp3) is 0.429. The summed E-state index contributed by atoms with van der Waals surface area (Å²) in [4.78, 5) is 0. The highest BCUT2D eigenvalue weighted by Gasteiger charge is 1.92. The van der Waals surface area contributed by atoms with E-state index < -0.39 is 0 Å². The number of hydrogen-bond acceptors (Lipinski definition) is 1. The zero-order valence-electron chi connectivity index (χ0n) is 10.0. The van der Waals surface area contributed by atoms with E-state index in [0.717, 1.165) is 13.1 Å². The van der Waals surface area contributed by atoms with Crippen LogP contribution in [0, 0.1) is 13.8 Å². The second kappa shape index (κ2) is 6.41. The van der Waals surface area contributed by atoms with Gasteiger partial charge in [0.15, 0.2) is 0 Å². The molecule has 0 heterocycles. The molecule has 0 saturated carbocycles. The number of rotatable bonds is 5. The molecule has 0 bridgehead atoms. The molecular formula is C14H21N. The van der Waals surface area contributed by atoms with E-state index in [-0.39, 0.29) is 0 Å². The summed E-state index contributed by atoms with van der Waals surface area (Å²) >= 11 is 0. The van der Waals surface area contributed by atoms with Crippen LogP contribution >= 0.6 is 0 Å². The Morgan fingerprint density at radius 3 is 2.67 bits per heavy atom. The first-order valence-electron chi connectivity index (χ1n) is 5.68. The van der Waals surface area contributed by atoms with Gasteiger partial charge in [-0.05, 0) is 43.5 Å². The van der Waals surface area contributed by atoms with Crippen molar-refractivity contribution in [3.05, 3.63) is 41.0 Å². The zero-order valence-corrected chi connectivity index (χ0v) is 10.0. The lowest BCUT2D eigenvalue weighted by atomic mass is 10.1. The quantitative estimate of drug-likeness (QED) is 0.724. The number of hydrogen-bond donors (Lipinski definition) is 1. The molecule has 0 amide bonds. The lowest BCUT2D eigenvalue weighted by Crippen LogP contribution is -2.13. The highest BCUT2D eigenvalue weighted by molar-refractivity contribution is 5.51. The Morgan fingerprint density at radius 2 is 2.00 bits per heavy atom. The lowest BCUT2D eigenvalue weighted by Gasteiger charge is -2.01. The van der Waals surface area contributed by atoms with Crippen LogP contribution in [0.15, 0.2) is 24.3 Å². The number of nitrogens with one attached hydrogen (secondary N) is 1. The molecule has 0 fully saturated rings. The number of benzene rings is 1. The van der Waals surface area contributed by atoms with Gasteiger partial charge in [0, 0.05) is 6.54 Å². The van der Waals surface area contributed by atoms with Crippen LogP contribution in [0.3, 0.4) is 0 Å². The first-order valence-corrected chi connectivity index (χ1v) is 5.68. The lowest BCUT2D eigenvalue weighted by molar-refractivity contribution is 0.730. The van der Waals surface area contributed by atoms with Crippen LogP contribution in [0.25, 0.3) is 6.08 Å². The van der Waals surface area contributed by atoms with Crippen molar-refractivity contribution in [2.45, 2.75) is 27.2 Å². The average molecular weight is 203 g/mol. The van der Waals surface area contributed by atoms with Crippen LogP contribution in [0.1, 0.15) is 30.0 Å². The van der Waals surface area contributed by atoms with Crippen molar-refractivity contribution < 1.29 is 0 Å². The first kappa shape index (κ1) is 12.0. The molecule has 1 nitrogen and oxygen atoms in total. The monoisotopic (exact) mass is 203 g/mol. The summed E-state index contributed by atoms with van der Waals surface area (Å²) in [5.41, 5.74) is 4.01. The van der Waals surface area contributed by atoms with Crippen molar-refractivity contribution >= 4 is 6.08 Å². The third-order valence-corrected chi connectivity index (χ3v) is 2.53. The van der Waals surface area contributed by atoms with Gasteiger partial charge < -0.3 is 5.32 Å². The molecule has 1 heteroatoms. The zero-order chi connectivity index (χ0) is 11.1. The molecule has 0 aliphatic carbocycles. The Kier molecular flexibility index (Phi) is 5.13. The molecule has 0 unspecified atom stereocenters. The molecular weight excluding hydrogens is 182 g/mol. The molecule has 1 N–H and O–H groups in total. The summed E-state index contributed by atoms with van der Waals surface area (Å²) in [6, 6.07) is 6.57. The van der Waals surface area contributed by atoms with Gasteiger partial charge in [-0.25, -0.2) is 0 Å². The largest absolute Gasteiger partial charge is 0.313 e. The van der Waals surface area contributed by atoms with E-state index in [1.165, 1.54) is 23.1 Å². The summed E-state index contributed by atoms with van der Waals surface area (Å²) < 4.78 is 0. The minimum absolute atomic E-state index is 0.959. The topological polar surface area (TPSA) is 12.0 Å². The van der Waals surface area contributed by atoms with Gasteiger partial charge in [-0.15, -0.1) is 0 Å². The van der Waals surface area contributed by atoms with Crippen LogP contribution < -0.4 is 5.32 Å². The van der Waals surface area contributed by atoms with Crippen molar-refractivity contribution in [1.29, 1.82) is 0 Å². The van der Waals surface area contributed by atoms with Crippen LogP contribution in [0.4, 0.5) is 0 Å². The molecule has 0 atom stereocenters. The van der Waals surface area contributed by atoms with E-state index in [0.29, 0.717) is 0 Å². The molecule has 0 radical (unpaired) electrons. The van der Waals surface area contributed by atoms with Gasteiger partial charge >= 0.3 is 0 Å². The third-order valence-electron chi connectivity index (χ3n) is 2.53. The Labute approximate surface area is 93.2 Å². The van der Waals surface area contributed by atoms with Crippen LogP contribution in [0.2, 0.25) is 0 Å². The molecule has 82 valence electrons. The van der Waals surface area contributed by atoms with Gasteiger partial charge in [-0.2, -0.15) is 0 Å². The second-order valence-corrected chi connectivity index (χ2v) is 3.95. The normalized spacial score (nSPS) is 11.1. The Hall–Kier alpha value is -1.08. The maximum Gasteiger partial charge on any atom is 0.0138 e. The Bertz CT molecular complexity index is 326. The van der Waals surface area contributed by atoms with Crippen molar-refractivity contribution in [2.24, 2.45) is 0 Å². The van der Waals surface area contributed by atoms with Gasteiger partial charge in [0.25, 0.3) is 0 Å². The molecule has 0 spiro atoms. The Balaban J connectivity index is 2.46. The average Bonchev–Trinajstić information content (AvgIpc) is 2.23. The molecule has 15 heavy (non-hydrogen) atoms. The fourth-order valence-electron chi connectivity index (χ4n) is 1.43. The van der Waals surface area contributed by atoms with Crippen LogP contribution in [-0.2, 0) is 0 Å². The Morgan fingerprint density at radius 1 is 1.20 bits per heavy atom. The smallest absolute Gasteiger partial charge is 0.0138 e. The van der Waals surface area contributed by atoms with Gasteiger partial charge in [-0.3, -0.25) is 0 Å². The van der Waals surface area contributed by atoms with Crippen molar-refractivity contribution in [1.82, 2.24) is 5.32 Å². The fourth-order valence-corrected chi connectivity index (χ4v) is 1.43. The van der Waals surface area contributed by atoms with E-state index >= 15 is 0 Å². The van der Waals surface area contributed by atoms with E-state index in [2.05, 4.69) is 56.4 Å². The van der Waals surface area contributed by atoms with E-state index in [1.54, 1.807) is 0 Å². The predicted octanol–water partition coefficient (Wildman–Crippen LogP) is 3.32. The minimum Gasteiger partial charge on any atom is -0.313 e. The van der Waals surface area contributed by atoms with Crippen molar-refractivity contribution in [2.75, 3.05) is 13.1 Å². The van der Waals surface area contributed by atoms with Gasteiger partial charge in [0.2, 0.25) is 0 Å². The SMILES string of the molecule is CCCNCC=Cc1ccc(C)c(C)c1. The van der Waals surface area contributed by atoms with Gasteiger partial charge in [0.1, 0.15) is 0 Å². The van der Waals surface area contributed by atoms with Gasteiger partial charge in [0.05, 0.1) is 0 Å². The van der Waals surface area contributed by atoms with Crippen molar-refractivity contribution in [3.8, 4) is 0 Å². The molecule has 0 aromatic heterocycles. The number of aryl methyl sites for hydroxylation is 2. The highest BCUT2D eigenvalue weighted by atomic mass is 14.8. The van der Waals surface area contributed by atoms with E-state index in [4.69, 9.17) is 0 Å². The molecule has 1 aromatic carbocycles. The molecule has 0 aliphatic rings. The van der Waals surface area contributed by atoms with E-state index in [9.17, 15) is 0 Å². The van der Waals surface area contributed by atoms with Crippen molar-refractivity contribution in [3.63, 3.8) is 0 Å². The van der Waals surface area contributed by atoms with Gasteiger partial charge in [-0.1, -0.05) is 37.3 Å². The maximum absolute atomic E-state index is 3.34. The summed E-state index contributed by atoms with van der Waals surface area (Å²) in [5, 5.41) is 3.34. The third kappa shape index (κ3) is 4.30. The standard InChI is InChI=1S/C14H21N/c1-4-9-15-10-5-6-14-8-7-12(2)13(3)11-14/h5-8,11,15H,4,9-10H2,1-3H3. The summed E-state index contributed by atoms with van der Waals surface area (Å²) in [6.45, 7) is 8.53. The maximum atomic E-state index is 3.34. The second-order valence-electron chi connectivity index (χ2n) is 3.95. The molecule has 0 aliphatic heterocycles. The highest BCUT2D eigenvalue weighted by Crippen LogP contribution is 2.10. The minimum atomic E-state index is 0.959. The van der Waals surface area contributed by atoms with Crippen LogP contribution in [0.5, 0.6) is 0 Å². The molecule has 1 rings (SSSR count). The first-order chi connectivity index (χ1) is 7.24. The summed E-state index contributed by atoms with van der Waals surface area (Å²) in [5.74, 6) is 0. The molecule has 0 saturated heterocycles. The summed E-state index contributed by atoms with van der Waals surface area (Å²) in [7, 11) is 0. The molecule has 1 aromatic rings. The van der Waals surface area contributed by atoms with Crippen LogP contribution in [-0.4, -0.2) is 13.1 Å². The van der Waals surface area contributed by atoms with E-state index in [1.807, 2.05) is 0 Å². The predicted molar refractivity (Wildman–Crippen MR) is 68.1 cm³/mol. The summed E-state index contributed by atoms with van der Waals surface area (Å²) in [6.07, 6.45) is 5.55.